The van der Waals surface area contributed by atoms with Crippen molar-refractivity contribution in [1.82, 2.24) is 10.2 Å². The SMILES string of the molecule is O=C(CCCN1C(=O)C(=Cc2cccc(F)c2)SC1=S)NCCc1ccc(O)cc1. The highest BCUT2D eigenvalue weighted by molar-refractivity contribution is 8.26. The van der Waals surface area contributed by atoms with Gasteiger partial charge in [0, 0.05) is 19.5 Å². The molecule has 1 fully saturated rings. The molecule has 0 aliphatic carbocycles. The highest BCUT2D eigenvalue weighted by Gasteiger charge is 2.31. The van der Waals surface area contributed by atoms with Gasteiger partial charge in [-0.1, -0.05) is 48.2 Å². The lowest BCUT2D eigenvalue weighted by Gasteiger charge is -2.14. The second kappa shape index (κ2) is 10.4. The lowest BCUT2D eigenvalue weighted by Crippen LogP contribution is -2.31. The maximum atomic E-state index is 13.3. The van der Waals surface area contributed by atoms with Gasteiger partial charge in [-0.25, -0.2) is 4.39 Å². The summed E-state index contributed by atoms with van der Waals surface area (Å²) in [5, 5.41) is 12.1. The summed E-state index contributed by atoms with van der Waals surface area (Å²) >= 11 is 6.47. The van der Waals surface area contributed by atoms with Gasteiger partial charge in [-0.05, 0) is 54.3 Å². The smallest absolute Gasteiger partial charge is 0.266 e. The Morgan fingerprint density at radius 3 is 2.73 bits per heavy atom. The first kappa shape index (κ1) is 22.0. The monoisotopic (exact) mass is 444 g/mol. The topological polar surface area (TPSA) is 69.6 Å². The van der Waals surface area contributed by atoms with E-state index in [1.807, 2.05) is 12.1 Å². The summed E-state index contributed by atoms with van der Waals surface area (Å²) < 4.78 is 13.8. The Balaban J connectivity index is 1.42. The zero-order valence-corrected chi connectivity index (χ0v) is 17.8. The second-order valence-electron chi connectivity index (χ2n) is 6.76. The number of phenols is 1. The molecular weight excluding hydrogens is 423 g/mol. The van der Waals surface area contributed by atoms with Crippen LogP contribution >= 0.6 is 24.0 Å². The van der Waals surface area contributed by atoms with Gasteiger partial charge in [0.25, 0.3) is 5.91 Å². The van der Waals surface area contributed by atoms with E-state index in [-0.39, 0.29) is 29.8 Å². The fourth-order valence-corrected chi connectivity index (χ4v) is 4.24. The first-order chi connectivity index (χ1) is 14.4. The Labute approximate surface area is 184 Å². The van der Waals surface area contributed by atoms with Crippen LogP contribution in [0.25, 0.3) is 6.08 Å². The van der Waals surface area contributed by atoms with Crippen LogP contribution in [0.4, 0.5) is 4.39 Å². The molecule has 0 atom stereocenters. The molecule has 0 bridgehead atoms. The number of rotatable bonds is 8. The predicted molar refractivity (Wildman–Crippen MR) is 120 cm³/mol. The quantitative estimate of drug-likeness (QED) is 0.478. The molecule has 0 unspecified atom stereocenters. The number of nitrogens with zero attached hydrogens (tertiary/aromatic N) is 1. The number of aromatic hydroxyl groups is 1. The van der Waals surface area contributed by atoms with Crippen LogP contribution in [-0.4, -0.2) is 39.2 Å². The minimum atomic E-state index is -0.365. The van der Waals surface area contributed by atoms with Crippen LogP contribution in [0.15, 0.2) is 53.4 Å². The maximum absolute atomic E-state index is 13.3. The van der Waals surface area contributed by atoms with Crippen molar-refractivity contribution in [3.63, 3.8) is 0 Å². The van der Waals surface area contributed by atoms with E-state index in [2.05, 4.69) is 5.32 Å². The molecule has 1 aliphatic rings. The van der Waals surface area contributed by atoms with Crippen molar-refractivity contribution in [2.45, 2.75) is 19.3 Å². The third-order valence-electron chi connectivity index (χ3n) is 4.48. The van der Waals surface area contributed by atoms with Gasteiger partial charge in [0.2, 0.25) is 5.91 Å². The van der Waals surface area contributed by atoms with Crippen molar-refractivity contribution < 1.29 is 19.1 Å². The van der Waals surface area contributed by atoms with Crippen LogP contribution in [0.2, 0.25) is 0 Å². The lowest BCUT2D eigenvalue weighted by molar-refractivity contribution is -0.123. The van der Waals surface area contributed by atoms with Gasteiger partial charge in [0.05, 0.1) is 4.91 Å². The van der Waals surface area contributed by atoms with Crippen molar-refractivity contribution in [2.24, 2.45) is 0 Å². The fourth-order valence-electron chi connectivity index (χ4n) is 2.94. The van der Waals surface area contributed by atoms with E-state index in [1.54, 1.807) is 30.3 Å². The molecule has 1 heterocycles. The molecule has 5 nitrogen and oxygen atoms in total. The average molecular weight is 445 g/mol. The van der Waals surface area contributed by atoms with E-state index in [0.717, 1.165) is 5.56 Å². The molecule has 8 heteroatoms. The van der Waals surface area contributed by atoms with E-state index in [9.17, 15) is 19.1 Å². The highest BCUT2D eigenvalue weighted by atomic mass is 32.2. The Morgan fingerprint density at radius 2 is 2.00 bits per heavy atom. The zero-order chi connectivity index (χ0) is 21.5. The molecule has 2 aromatic carbocycles. The summed E-state index contributed by atoms with van der Waals surface area (Å²) in [5.74, 6) is -0.462. The van der Waals surface area contributed by atoms with E-state index >= 15 is 0 Å². The van der Waals surface area contributed by atoms with Gasteiger partial charge in [-0.3, -0.25) is 14.5 Å². The first-order valence-electron chi connectivity index (χ1n) is 9.48. The van der Waals surface area contributed by atoms with Gasteiger partial charge in [0.15, 0.2) is 0 Å². The largest absolute Gasteiger partial charge is 0.508 e. The van der Waals surface area contributed by atoms with Crippen molar-refractivity contribution in [1.29, 1.82) is 0 Å². The average Bonchev–Trinajstić information content (AvgIpc) is 2.97. The van der Waals surface area contributed by atoms with E-state index < -0.39 is 0 Å². The Hall–Kier alpha value is -2.71. The van der Waals surface area contributed by atoms with Gasteiger partial charge < -0.3 is 10.4 Å². The number of benzene rings is 2. The van der Waals surface area contributed by atoms with Crippen LogP contribution < -0.4 is 5.32 Å². The molecule has 0 radical (unpaired) electrons. The summed E-state index contributed by atoms with van der Waals surface area (Å²) in [6.07, 6.45) is 3.07. The molecule has 2 N–H and O–H groups in total. The summed E-state index contributed by atoms with van der Waals surface area (Å²) in [7, 11) is 0. The van der Waals surface area contributed by atoms with Crippen LogP contribution in [0, 0.1) is 5.82 Å². The molecule has 3 rings (SSSR count). The van der Waals surface area contributed by atoms with E-state index in [0.29, 0.717) is 40.7 Å². The fraction of sp³-hybridized carbons (Fsp3) is 0.227. The third kappa shape index (κ3) is 6.14. The predicted octanol–water partition coefficient (Wildman–Crippen LogP) is 3.87. The number of hydrogen-bond acceptors (Lipinski definition) is 5. The maximum Gasteiger partial charge on any atom is 0.266 e. The number of carbonyl (C=O) groups excluding carboxylic acids is 2. The van der Waals surface area contributed by atoms with Crippen molar-refractivity contribution in [2.75, 3.05) is 13.1 Å². The summed E-state index contributed by atoms with van der Waals surface area (Å²) in [4.78, 5) is 26.5. The summed E-state index contributed by atoms with van der Waals surface area (Å²) in [6.45, 7) is 0.859. The standard InChI is InChI=1S/C22H21FN2O3S2/c23-17-4-1-3-16(13-17)14-19-21(28)25(22(29)30-19)12-2-5-20(27)24-11-10-15-6-8-18(26)9-7-15/h1,3-4,6-9,13-14,26H,2,5,10-12H2,(H,24,27). The molecule has 1 aliphatic heterocycles. The van der Waals surface area contributed by atoms with Crippen LogP contribution in [-0.2, 0) is 16.0 Å². The normalized spacial score (nSPS) is 15.1. The first-order valence-corrected chi connectivity index (χ1v) is 10.7. The highest BCUT2D eigenvalue weighted by Crippen LogP contribution is 2.32. The number of nitrogens with one attached hydrogen (secondary N) is 1. The molecule has 2 amide bonds. The number of thioether (sulfide) groups is 1. The van der Waals surface area contributed by atoms with Gasteiger partial charge in [-0.15, -0.1) is 0 Å². The molecule has 2 aromatic rings. The molecule has 30 heavy (non-hydrogen) atoms. The molecule has 0 saturated carbocycles. The Bertz CT molecular complexity index is 977. The van der Waals surface area contributed by atoms with Crippen molar-refractivity contribution >= 4 is 46.2 Å². The van der Waals surface area contributed by atoms with E-state index in [1.165, 1.54) is 28.8 Å². The van der Waals surface area contributed by atoms with E-state index in [4.69, 9.17) is 12.2 Å². The zero-order valence-electron chi connectivity index (χ0n) is 16.1. The van der Waals surface area contributed by atoms with Crippen LogP contribution in [0.5, 0.6) is 5.75 Å². The number of thiocarbonyl (C=S) groups is 1. The Morgan fingerprint density at radius 1 is 1.23 bits per heavy atom. The summed E-state index contributed by atoms with van der Waals surface area (Å²) in [6, 6.07) is 12.9. The lowest BCUT2D eigenvalue weighted by atomic mass is 10.1. The number of halogens is 1. The summed E-state index contributed by atoms with van der Waals surface area (Å²) in [5.41, 5.74) is 1.62. The van der Waals surface area contributed by atoms with Crippen LogP contribution in [0.3, 0.4) is 0 Å². The number of hydrogen-bond donors (Lipinski definition) is 2. The molecule has 0 spiro atoms. The minimum absolute atomic E-state index is 0.0884. The molecule has 1 saturated heterocycles. The molecule has 0 aromatic heterocycles. The van der Waals surface area contributed by atoms with Gasteiger partial charge >= 0.3 is 0 Å². The second-order valence-corrected chi connectivity index (χ2v) is 8.43. The van der Waals surface area contributed by atoms with Gasteiger partial charge in [0.1, 0.15) is 15.9 Å². The number of phenolic OH excluding ortho intramolecular Hbond substituents is 1. The number of carbonyl (C=O) groups is 2. The number of amides is 2. The molecular formula is C22H21FN2O3S2. The van der Waals surface area contributed by atoms with Crippen molar-refractivity contribution in [3.8, 4) is 5.75 Å². The van der Waals surface area contributed by atoms with Crippen LogP contribution in [0.1, 0.15) is 24.0 Å². The Kier molecular flexibility index (Phi) is 7.59. The molecule has 156 valence electrons. The third-order valence-corrected chi connectivity index (χ3v) is 5.86. The minimum Gasteiger partial charge on any atom is -0.508 e. The van der Waals surface area contributed by atoms with Crippen molar-refractivity contribution in [3.05, 3.63) is 70.4 Å². The van der Waals surface area contributed by atoms with Gasteiger partial charge in [-0.2, -0.15) is 0 Å².